The van der Waals surface area contributed by atoms with E-state index in [1.54, 1.807) is 13.1 Å². The molecule has 0 unspecified atom stereocenters. The number of carbonyl (C=O) groups excluding carboxylic acids is 1. The first kappa shape index (κ1) is 8.58. The van der Waals surface area contributed by atoms with Gasteiger partial charge < -0.3 is 11.1 Å². The second kappa shape index (κ2) is 3.25. The van der Waals surface area contributed by atoms with Crippen molar-refractivity contribution in [1.29, 1.82) is 0 Å². The first-order valence-electron chi connectivity index (χ1n) is 3.73. The molecule has 0 aliphatic heterocycles. The fourth-order valence-corrected chi connectivity index (χ4v) is 0.844. The lowest BCUT2D eigenvalue weighted by atomic mass is 10.4. The molecule has 3 N–H and O–H groups in total. The van der Waals surface area contributed by atoms with Crippen molar-refractivity contribution in [3.63, 3.8) is 0 Å². The Balaban J connectivity index is 2.82. The van der Waals surface area contributed by atoms with E-state index >= 15 is 0 Å². The number of nitrogens with two attached hydrogens (primary N) is 1. The number of aryl methyl sites for hydroxylation is 1. The van der Waals surface area contributed by atoms with Gasteiger partial charge in [0.05, 0.1) is 0 Å². The summed E-state index contributed by atoms with van der Waals surface area (Å²) in [6.45, 7) is 2.44. The predicted octanol–water partition coefficient (Wildman–Crippen LogP) is -0.248. The molecule has 66 valence electrons. The molecule has 0 aliphatic carbocycles. The van der Waals surface area contributed by atoms with Crippen LogP contribution in [0.2, 0.25) is 0 Å². The highest BCUT2D eigenvalue weighted by Gasteiger charge is 2.09. The molecule has 1 aromatic heterocycles. The van der Waals surface area contributed by atoms with Crippen LogP contribution in [0.25, 0.3) is 0 Å². The molecule has 1 amide bonds. The van der Waals surface area contributed by atoms with Crippen LogP contribution < -0.4 is 11.1 Å². The van der Waals surface area contributed by atoms with Crippen LogP contribution >= 0.6 is 0 Å². The zero-order valence-corrected chi connectivity index (χ0v) is 7.16. The summed E-state index contributed by atoms with van der Waals surface area (Å²) in [5, 5.41) is 6.54. The number of amides is 1. The topological polar surface area (TPSA) is 72.9 Å². The fourth-order valence-electron chi connectivity index (χ4n) is 0.844. The number of hydrogen-bond acceptors (Lipinski definition) is 3. The Morgan fingerprint density at radius 1 is 1.83 bits per heavy atom. The quantitative estimate of drug-likeness (QED) is 0.639. The molecule has 0 fully saturated rings. The normalized spacial score (nSPS) is 9.83. The molecular weight excluding hydrogens is 156 g/mol. The minimum Gasteiger partial charge on any atom is -0.384 e. The number of hydrogen-bond donors (Lipinski definition) is 2. The molecule has 1 aromatic rings. The number of aromatic nitrogens is 2. The average molecular weight is 168 g/mol. The Morgan fingerprint density at radius 2 is 2.50 bits per heavy atom. The molecule has 0 spiro atoms. The highest BCUT2D eigenvalue weighted by atomic mass is 16.1. The summed E-state index contributed by atoms with van der Waals surface area (Å²) in [4.78, 5) is 11.2. The lowest BCUT2D eigenvalue weighted by Crippen LogP contribution is -2.23. The largest absolute Gasteiger partial charge is 0.384 e. The molecule has 1 heterocycles. The van der Waals surface area contributed by atoms with Crippen LogP contribution in [0.4, 0.5) is 5.82 Å². The molecule has 0 radical (unpaired) electrons. The van der Waals surface area contributed by atoms with E-state index in [1.807, 2.05) is 6.92 Å². The number of nitrogens with zero attached hydrogens (tertiary/aromatic N) is 2. The van der Waals surface area contributed by atoms with E-state index in [9.17, 15) is 4.79 Å². The minimum absolute atomic E-state index is 0.190. The van der Waals surface area contributed by atoms with E-state index in [-0.39, 0.29) is 5.91 Å². The summed E-state index contributed by atoms with van der Waals surface area (Å²) in [5.41, 5.74) is 5.85. The molecule has 12 heavy (non-hydrogen) atoms. The van der Waals surface area contributed by atoms with Crippen LogP contribution in [0.5, 0.6) is 0 Å². The van der Waals surface area contributed by atoms with Crippen LogP contribution in [0.1, 0.15) is 17.4 Å². The fraction of sp³-hybridized carbons (Fsp3) is 0.429. The third-order valence-corrected chi connectivity index (χ3v) is 1.49. The van der Waals surface area contributed by atoms with Crippen molar-refractivity contribution >= 4 is 11.7 Å². The maximum Gasteiger partial charge on any atom is 0.271 e. The molecule has 0 saturated heterocycles. The lowest BCUT2D eigenvalue weighted by molar-refractivity contribution is 0.0950. The first-order valence-corrected chi connectivity index (χ1v) is 3.73. The highest BCUT2D eigenvalue weighted by molar-refractivity contribution is 5.92. The van der Waals surface area contributed by atoms with Crippen LogP contribution in [0, 0.1) is 0 Å². The van der Waals surface area contributed by atoms with E-state index in [0.29, 0.717) is 18.1 Å². The summed E-state index contributed by atoms with van der Waals surface area (Å²) in [7, 11) is 1.69. The Labute approximate surface area is 70.5 Å². The van der Waals surface area contributed by atoms with E-state index in [2.05, 4.69) is 10.4 Å². The minimum atomic E-state index is -0.190. The molecule has 0 bridgehead atoms. The Kier molecular flexibility index (Phi) is 2.32. The monoisotopic (exact) mass is 168 g/mol. The SMILES string of the molecule is CCNC(=O)c1cc(N)n(C)n1. The summed E-state index contributed by atoms with van der Waals surface area (Å²) in [6, 6.07) is 1.55. The van der Waals surface area contributed by atoms with Gasteiger partial charge in [0, 0.05) is 19.7 Å². The highest BCUT2D eigenvalue weighted by Crippen LogP contribution is 2.03. The van der Waals surface area contributed by atoms with Crippen molar-refractivity contribution in [3.05, 3.63) is 11.8 Å². The van der Waals surface area contributed by atoms with Crippen molar-refractivity contribution in [2.24, 2.45) is 7.05 Å². The molecule has 0 aliphatic rings. The van der Waals surface area contributed by atoms with Crippen molar-refractivity contribution < 1.29 is 4.79 Å². The summed E-state index contributed by atoms with van der Waals surface area (Å²) >= 11 is 0. The van der Waals surface area contributed by atoms with Crippen LogP contribution in [-0.2, 0) is 7.05 Å². The van der Waals surface area contributed by atoms with Crippen LogP contribution in [-0.4, -0.2) is 22.2 Å². The van der Waals surface area contributed by atoms with Gasteiger partial charge in [-0.05, 0) is 6.92 Å². The molecule has 0 aromatic carbocycles. The van der Waals surface area contributed by atoms with Gasteiger partial charge in [-0.3, -0.25) is 9.48 Å². The molecule has 1 rings (SSSR count). The third kappa shape index (κ3) is 1.55. The summed E-state index contributed by atoms with van der Waals surface area (Å²) in [6.07, 6.45) is 0. The smallest absolute Gasteiger partial charge is 0.271 e. The zero-order chi connectivity index (χ0) is 9.14. The van der Waals surface area contributed by atoms with Crippen molar-refractivity contribution in [3.8, 4) is 0 Å². The maximum absolute atomic E-state index is 11.2. The van der Waals surface area contributed by atoms with Gasteiger partial charge in [-0.2, -0.15) is 5.10 Å². The van der Waals surface area contributed by atoms with E-state index in [1.165, 1.54) is 4.68 Å². The van der Waals surface area contributed by atoms with Gasteiger partial charge in [-0.1, -0.05) is 0 Å². The van der Waals surface area contributed by atoms with Crippen molar-refractivity contribution in [2.75, 3.05) is 12.3 Å². The summed E-state index contributed by atoms with van der Waals surface area (Å²) in [5.74, 6) is 0.293. The van der Waals surface area contributed by atoms with Gasteiger partial charge in [0.1, 0.15) is 5.82 Å². The number of anilines is 1. The third-order valence-electron chi connectivity index (χ3n) is 1.49. The van der Waals surface area contributed by atoms with Gasteiger partial charge in [0.15, 0.2) is 5.69 Å². The predicted molar refractivity (Wildman–Crippen MR) is 45.6 cm³/mol. The molecule has 5 heteroatoms. The van der Waals surface area contributed by atoms with Crippen molar-refractivity contribution in [2.45, 2.75) is 6.92 Å². The van der Waals surface area contributed by atoms with Gasteiger partial charge in [-0.15, -0.1) is 0 Å². The number of rotatable bonds is 2. The van der Waals surface area contributed by atoms with E-state index < -0.39 is 0 Å². The second-order valence-electron chi connectivity index (χ2n) is 2.44. The van der Waals surface area contributed by atoms with Gasteiger partial charge in [0.25, 0.3) is 5.91 Å². The molecule has 0 atom stereocenters. The van der Waals surface area contributed by atoms with Gasteiger partial charge in [0.2, 0.25) is 0 Å². The number of carbonyl (C=O) groups is 1. The lowest BCUT2D eigenvalue weighted by Gasteiger charge is -1.95. The summed E-state index contributed by atoms with van der Waals surface area (Å²) < 4.78 is 1.46. The first-order chi connectivity index (χ1) is 5.65. The number of nitrogens with one attached hydrogen (secondary N) is 1. The zero-order valence-electron chi connectivity index (χ0n) is 7.16. The van der Waals surface area contributed by atoms with E-state index in [0.717, 1.165) is 0 Å². The second-order valence-corrected chi connectivity index (χ2v) is 2.44. The van der Waals surface area contributed by atoms with Gasteiger partial charge in [-0.25, -0.2) is 0 Å². The van der Waals surface area contributed by atoms with Crippen LogP contribution in [0.3, 0.4) is 0 Å². The molecular formula is C7H12N4O. The molecule has 5 nitrogen and oxygen atoms in total. The molecule has 0 saturated carbocycles. The van der Waals surface area contributed by atoms with E-state index in [4.69, 9.17) is 5.73 Å². The van der Waals surface area contributed by atoms with Gasteiger partial charge >= 0.3 is 0 Å². The van der Waals surface area contributed by atoms with Crippen LogP contribution in [0.15, 0.2) is 6.07 Å². The Bertz CT molecular complexity index is 272. The maximum atomic E-state index is 11.2. The van der Waals surface area contributed by atoms with Crippen molar-refractivity contribution in [1.82, 2.24) is 15.1 Å². The standard InChI is InChI=1S/C7H12N4O/c1-3-9-7(12)5-4-6(8)11(2)10-5/h4H,3,8H2,1-2H3,(H,9,12). The Hall–Kier alpha value is -1.52. The Morgan fingerprint density at radius 3 is 2.92 bits per heavy atom. The average Bonchev–Trinajstić information content (AvgIpc) is 2.33. The number of nitrogen functional groups attached to an aromatic ring is 1.